The molecule has 2 aromatic carbocycles. The standard InChI is InChI=1S/C23H25F3N2O3S/c1-2-17-7-9-18(10-8-17)28-16-13-22(21(28)29)11-14-27(15-12-22)32(30,31)20-6-4-3-5-19(20)23(24,25)26/h3-10H,2,11-16H2,1H3. The van der Waals surface area contributed by atoms with E-state index < -0.39 is 32.1 Å². The Hall–Kier alpha value is -2.39. The van der Waals surface area contributed by atoms with Crippen LogP contribution in [0.5, 0.6) is 0 Å². The van der Waals surface area contributed by atoms with Crippen molar-refractivity contribution in [1.82, 2.24) is 4.31 Å². The third-order valence-corrected chi connectivity index (χ3v) is 8.62. The molecule has 2 heterocycles. The average Bonchev–Trinajstić information content (AvgIpc) is 3.09. The Balaban J connectivity index is 1.51. The number of carbonyl (C=O) groups excluding carboxylic acids is 1. The molecule has 0 atom stereocenters. The number of halogens is 3. The van der Waals surface area contributed by atoms with Crippen LogP contribution in [0.15, 0.2) is 53.4 Å². The zero-order valence-corrected chi connectivity index (χ0v) is 18.5. The molecular formula is C23H25F3N2O3S. The molecule has 1 spiro atoms. The molecular weight excluding hydrogens is 441 g/mol. The molecule has 2 aliphatic rings. The summed E-state index contributed by atoms with van der Waals surface area (Å²) in [6, 6.07) is 12.0. The number of nitrogens with zero attached hydrogens (tertiary/aromatic N) is 2. The molecule has 2 aromatic rings. The molecule has 9 heteroatoms. The SMILES string of the molecule is CCc1ccc(N2CCC3(CCN(S(=O)(=O)c4ccccc4C(F)(F)F)CC3)C2=O)cc1. The fraction of sp³-hybridized carbons (Fsp3) is 0.435. The first-order valence-electron chi connectivity index (χ1n) is 10.7. The quantitative estimate of drug-likeness (QED) is 0.668. The first-order valence-corrected chi connectivity index (χ1v) is 12.1. The molecule has 2 saturated heterocycles. The highest BCUT2D eigenvalue weighted by atomic mass is 32.2. The van der Waals surface area contributed by atoms with Gasteiger partial charge in [0.25, 0.3) is 0 Å². The molecule has 2 aliphatic heterocycles. The molecule has 172 valence electrons. The van der Waals surface area contributed by atoms with Gasteiger partial charge in [-0.3, -0.25) is 4.79 Å². The third kappa shape index (κ3) is 3.92. The third-order valence-electron chi connectivity index (χ3n) is 6.66. The Bertz CT molecular complexity index is 1110. The molecule has 1 amide bonds. The van der Waals surface area contributed by atoms with E-state index in [1.54, 1.807) is 4.90 Å². The summed E-state index contributed by atoms with van der Waals surface area (Å²) < 4.78 is 67.2. The van der Waals surface area contributed by atoms with Gasteiger partial charge in [-0.1, -0.05) is 31.2 Å². The fourth-order valence-corrected chi connectivity index (χ4v) is 6.32. The number of hydrogen-bond acceptors (Lipinski definition) is 3. The predicted molar refractivity (Wildman–Crippen MR) is 115 cm³/mol. The van der Waals surface area contributed by atoms with Crippen molar-refractivity contribution in [3.8, 4) is 0 Å². The van der Waals surface area contributed by atoms with Crippen LogP contribution in [0.3, 0.4) is 0 Å². The van der Waals surface area contributed by atoms with Crippen LogP contribution < -0.4 is 4.90 Å². The van der Waals surface area contributed by atoms with E-state index in [0.29, 0.717) is 25.8 Å². The summed E-state index contributed by atoms with van der Waals surface area (Å²) in [4.78, 5) is 14.3. The van der Waals surface area contributed by atoms with Crippen LogP contribution in [0.25, 0.3) is 0 Å². The predicted octanol–water partition coefficient (Wildman–Crippen LogP) is 4.48. The lowest BCUT2D eigenvalue weighted by Gasteiger charge is -2.37. The number of hydrogen-bond donors (Lipinski definition) is 0. The van der Waals surface area contributed by atoms with Gasteiger partial charge in [0.1, 0.15) is 0 Å². The Labute approximate surface area is 185 Å². The number of sulfonamides is 1. The van der Waals surface area contributed by atoms with Crippen LogP contribution in [0.4, 0.5) is 18.9 Å². The van der Waals surface area contributed by atoms with Gasteiger partial charge in [0.05, 0.1) is 15.9 Å². The van der Waals surface area contributed by atoms with Gasteiger partial charge in [-0.15, -0.1) is 0 Å². The maximum atomic E-state index is 13.4. The first kappa shape index (κ1) is 22.8. The Kier molecular flexibility index (Phi) is 5.83. The Morgan fingerprint density at radius 2 is 1.53 bits per heavy atom. The van der Waals surface area contributed by atoms with Crippen molar-refractivity contribution >= 4 is 21.6 Å². The number of alkyl halides is 3. The summed E-state index contributed by atoms with van der Waals surface area (Å²) in [6.45, 7) is 2.64. The van der Waals surface area contributed by atoms with Gasteiger partial charge < -0.3 is 4.90 Å². The maximum Gasteiger partial charge on any atom is 0.417 e. The van der Waals surface area contributed by atoms with Crippen LogP contribution in [-0.4, -0.2) is 38.3 Å². The highest BCUT2D eigenvalue weighted by molar-refractivity contribution is 7.89. The van der Waals surface area contributed by atoms with Crippen molar-refractivity contribution in [2.24, 2.45) is 5.41 Å². The normalized spacial score (nSPS) is 19.6. The lowest BCUT2D eigenvalue weighted by atomic mass is 9.77. The molecule has 0 radical (unpaired) electrons. The molecule has 5 nitrogen and oxygen atoms in total. The fourth-order valence-electron chi connectivity index (χ4n) is 4.66. The summed E-state index contributed by atoms with van der Waals surface area (Å²) >= 11 is 0. The number of aryl methyl sites for hydroxylation is 1. The smallest absolute Gasteiger partial charge is 0.312 e. The number of benzene rings is 2. The number of anilines is 1. The van der Waals surface area contributed by atoms with Crippen molar-refractivity contribution in [3.63, 3.8) is 0 Å². The zero-order chi connectivity index (χ0) is 23.1. The van der Waals surface area contributed by atoms with Crippen LogP contribution in [0.2, 0.25) is 0 Å². The van der Waals surface area contributed by atoms with Gasteiger partial charge in [0.2, 0.25) is 15.9 Å². The van der Waals surface area contributed by atoms with Gasteiger partial charge in [0, 0.05) is 25.3 Å². The first-order chi connectivity index (χ1) is 15.1. The topological polar surface area (TPSA) is 57.7 Å². The van der Waals surface area contributed by atoms with E-state index >= 15 is 0 Å². The van der Waals surface area contributed by atoms with E-state index in [1.165, 1.54) is 17.7 Å². The zero-order valence-electron chi connectivity index (χ0n) is 17.7. The number of amides is 1. The van der Waals surface area contributed by atoms with Crippen molar-refractivity contribution in [1.29, 1.82) is 0 Å². The minimum absolute atomic E-state index is 0.0167. The van der Waals surface area contributed by atoms with Gasteiger partial charge in [-0.05, 0) is 55.5 Å². The molecule has 4 rings (SSSR count). The summed E-state index contributed by atoms with van der Waals surface area (Å²) in [7, 11) is -4.32. The van der Waals surface area contributed by atoms with Crippen LogP contribution >= 0.6 is 0 Å². The molecule has 0 aromatic heterocycles. The van der Waals surface area contributed by atoms with Gasteiger partial charge >= 0.3 is 6.18 Å². The van der Waals surface area contributed by atoms with Gasteiger partial charge in [0.15, 0.2) is 0 Å². The van der Waals surface area contributed by atoms with E-state index in [9.17, 15) is 26.4 Å². The van der Waals surface area contributed by atoms with Crippen molar-refractivity contribution in [2.45, 2.75) is 43.7 Å². The lowest BCUT2D eigenvalue weighted by Crippen LogP contribution is -2.46. The second kappa shape index (κ2) is 8.19. The van der Waals surface area contributed by atoms with E-state index in [0.717, 1.165) is 28.5 Å². The summed E-state index contributed by atoms with van der Waals surface area (Å²) in [5.74, 6) is -0.0329. The molecule has 32 heavy (non-hydrogen) atoms. The lowest BCUT2D eigenvalue weighted by molar-refractivity contribution is -0.139. The monoisotopic (exact) mass is 466 g/mol. The van der Waals surface area contributed by atoms with Crippen molar-refractivity contribution in [2.75, 3.05) is 24.5 Å². The average molecular weight is 467 g/mol. The molecule has 0 bridgehead atoms. The summed E-state index contributed by atoms with van der Waals surface area (Å²) in [5, 5.41) is 0. The minimum atomic E-state index is -4.77. The second-order valence-electron chi connectivity index (χ2n) is 8.41. The van der Waals surface area contributed by atoms with Crippen LogP contribution in [0.1, 0.15) is 37.3 Å². The number of rotatable bonds is 4. The number of piperidine rings is 1. The van der Waals surface area contributed by atoms with Crippen LogP contribution in [0, 0.1) is 5.41 Å². The summed E-state index contributed by atoms with van der Waals surface area (Å²) in [6.07, 6.45) is -2.67. The van der Waals surface area contributed by atoms with Crippen molar-refractivity contribution in [3.05, 3.63) is 59.7 Å². The van der Waals surface area contributed by atoms with E-state index in [2.05, 4.69) is 6.92 Å². The van der Waals surface area contributed by atoms with E-state index in [4.69, 9.17) is 0 Å². The molecule has 0 N–H and O–H groups in total. The van der Waals surface area contributed by atoms with E-state index in [-0.39, 0.29) is 19.0 Å². The minimum Gasteiger partial charge on any atom is -0.312 e. The van der Waals surface area contributed by atoms with E-state index in [1.807, 2.05) is 24.3 Å². The highest BCUT2D eigenvalue weighted by Gasteiger charge is 2.50. The molecule has 0 saturated carbocycles. The molecule has 0 unspecified atom stereocenters. The second-order valence-corrected chi connectivity index (χ2v) is 10.3. The van der Waals surface area contributed by atoms with Crippen LogP contribution in [-0.2, 0) is 27.4 Å². The molecule has 2 fully saturated rings. The highest BCUT2D eigenvalue weighted by Crippen LogP contribution is 2.44. The Morgan fingerprint density at radius 1 is 0.938 bits per heavy atom. The maximum absolute atomic E-state index is 13.4. The van der Waals surface area contributed by atoms with Crippen molar-refractivity contribution < 1.29 is 26.4 Å². The Morgan fingerprint density at radius 3 is 2.12 bits per heavy atom. The molecule has 0 aliphatic carbocycles. The number of carbonyl (C=O) groups is 1. The van der Waals surface area contributed by atoms with Gasteiger partial charge in [-0.2, -0.15) is 17.5 Å². The largest absolute Gasteiger partial charge is 0.417 e. The van der Waals surface area contributed by atoms with Gasteiger partial charge in [-0.25, -0.2) is 8.42 Å². The summed E-state index contributed by atoms with van der Waals surface area (Å²) in [5.41, 5.74) is 0.156.